The van der Waals surface area contributed by atoms with Crippen molar-refractivity contribution in [1.82, 2.24) is 20.0 Å². The highest BCUT2D eigenvalue weighted by atomic mass is 16.5. The zero-order valence-electron chi connectivity index (χ0n) is 13.3. The lowest BCUT2D eigenvalue weighted by molar-refractivity contribution is -0.126. The molecule has 3 rings (SSSR count). The van der Waals surface area contributed by atoms with Gasteiger partial charge in [-0.2, -0.15) is 5.10 Å². The fraction of sp³-hybridized carbons (Fsp3) is 0.750. The molecule has 1 N–H and O–H groups in total. The maximum Gasteiger partial charge on any atom is 0.237 e. The summed E-state index contributed by atoms with van der Waals surface area (Å²) in [7, 11) is 0. The van der Waals surface area contributed by atoms with Gasteiger partial charge in [0.05, 0.1) is 18.7 Å². The predicted molar refractivity (Wildman–Crippen MR) is 83.4 cm³/mol. The van der Waals surface area contributed by atoms with E-state index in [1.165, 1.54) is 0 Å². The van der Waals surface area contributed by atoms with Crippen LogP contribution in [-0.4, -0.2) is 58.5 Å². The number of likely N-dealkylation sites (tertiary alicyclic amines) is 1. The molecule has 0 radical (unpaired) electrons. The van der Waals surface area contributed by atoms with Crippen LogP contribution in [0.25, 0.3) is 0 Å². The van der Waals surface area contributed by atoms with Gasteiger partial charge in [-0.1, -0.05) is 0 Å². The maximum absolute atomic E-state index is 12.4. The second-order valence-electron chi connectivity index (χ2n) is 6.32. The molecule has 1 amide bonds. The molecule has 2 aliphatic heterocycles. The van der Waals surface area contributed by atoms with Crippen molar-refractivity contribution in [3.8, 4) is 0 Å². The van der Waals surface area contributed by atoms with Crippen LogP contribution in [-0.2, 0) is 16.1 Å². The molecule has 3 heterocycles. The first-order valence-corrected chi connectivity index (χ1v) is 8.36. The molecule has 0 saturated carbocycles. The van der Waals surface area contributed by atoms with Crippen LogP contribution < -0.4 is 5.32 Å². The summed E-state index contributed by atoms with van der Waals surface area (Å²) in [5.41, 5.74) is 0. The van der Waals surface area contributed by atoms with Crippen LogP contribution in [0.5, 0.6) is 0 Å². The standard InChI is InChI=1S/C16H26N4O2/c1-13(16(21)17-11-15-6-3-10-22-15)20-9-2-5-14(20)12-19-8-4-7-18-19/h4,7-8,13-15H,2-3,5-6,9-12H2,1H3,(H,17,21)/t13-,14-,15+/m1/s1. The third kappa shape index (κ3) is 3.67. The average molecular weight is 306 g/mol. The molecule has 2 fully saturated rings. The fourth-order valence-corrected chi connectivity index (χ4v) is 3.51. The number of nitrogens with one attached hydrogen (secondary N) is 1. The molecule has 122 valence electrons. The summed E-state index contributed by atoms with van der Waals surface area (Å²) in [6.45, 7) is 5.32. The van der Waals surface area contributed by atoms with Gasteiger partial charge in [0.1, 0.15) is 0 Å². The molecule has 0 bridgehead atoms. The van der Waals surface area contributed by atoms with E-state index in [1.807, 2.05) is 23.9 Å². The third-order valence-electron chi connectivity index (χ3n) is 4.78. The first-order chi connectivity index (χ1) is 10.7. The minimum atomic E-state index is -0.0931. The molecule has 1 aromatic rings. The van der Waals surface area contributed by atoms with Crippen LogP contribution in [0.4, 0.5) is 0 Å². The van der Waals surface area contributed by atoms with Crippen molar-refractivity contribution in [3.05, 3.63) is 18.5 Å². The van der Waals surface area contributed by atoms with Gasteiger partial charge in [0, 0.05) is 31.6 Å². The van der Waals surface area contributed by atoms with Gasteiger partial charge < -0.3 is 10.1 Å². The Kier molecular flexibility index (Phi) is 5.10. The normalized spacial score (nSPS) is 27.1. The quantitative estimate of drug-likeness (QED) is 0.853. The van der Waals surface area contributed by atoms with E-state index < -0.39 is 0 Å². The van der Waals surface area contributed by atoms with Gasteiger partial charge in [-0.3, -0.25) is 14.4 Å². The highest BCUT2D eigenvalue weighted by Gasteiger charge is 2.32. The molecule has 0 unspecified atom stereocenters. The largest absolute Gasteiger partial charge is 0.376 e. The smallest absolute Gasteiger partial charge is 0.237 e. The number of ether oxygens (including phenoxy) is 1. The van der Waals surface area contributed by atoms with Crippen LogP contribution in [0.1, 0.15) is 32.6 Å². The highest BCUT2D eigenvalue weighted by Crippen LogP contribution is 2.21. The molecular formula is C16H26N4O2. The molecule has 6 heteroatoms. The molecule has 2 aliphatic rings. The van der Waals surface area contributed by atoms with Gasteiger partial charge in [0.25, 0.3) is 0 Å². The molecule has 2 saturated heterocycles. The van der Waals surface area contributed by atoms with Crippen molar-refractivity contribution in [1.29, 1.82) is 0 Å². The Balaban J connectivity index is 1.50. The van der Waals surface area contributed by atoms with Crippen LogP contribution in [0.2, 0.25) is 0 Å². The van der Waals surface area contributed by atoms with Gasteiger partial charge in [0.2, 0.25) is 5.91 Å². The summed E-state index contributed by atoms with van der Waals surface area (Å²) in [5.74, 6) is 0.114. The number of hydrogen-bond donors (Lipinski definition) is 1. The Morgan fingerprint density at radius 3 is 3.09 bits per heavy atom. The van der Waals surface area contributed by atoms with E-state index in [9.17, 15) is 4.79 Å². The second-order valence-corrected chi connectivity index (χ2v) is 6.32. The molecule has 0 aliphatic carbocycles. The average Bonchev–Trinajstić information content (AvgIpc) is 3.27. The van der Waals surface area contributed by atoms with Crippen molar-refractivity contribution in [2.45, 2.75) is 57.3 Å². The Labute approximate surface area is 131 Å². The summed E-state index contributed by atoms with van der Waals surface area (Å²) in [4.78, 5) is 14.7. The van der Waals surface area contributed by atoms with Crippen LogP contribution in [0, 0.1) is 0 Å². The van der Waals surface area contributed by atoms with E-state index in [0.717, 1.165) is 45.4 Å². The number of hydrogen-bond acceptors (Lipinski definition) is 4. The summed E-state index contributed by atoms with van der Waals surface area (Å²) in [6.07, 6.45) is 8.43. The van der Waals surface area contributed by atoms with E-state index in [0.29, 0.717) is 12.6 Å². The minimum absolute atomic E-state index is 0.0931. The van der Waals surface area contributed by atoms with E-state index in [2.05, 4.69) is 15.3 Å². The summed E-state index contributed by atoms with van der Waals surface area (Å²) >= 11 is 0. The van der Waals surface area contributed by atoms with Crippen LogP contribution in [0.3, 0.4) is 0 Å². The number of rotatable bonds is 6. The van der Waals surface area contributed by atoms with E-state index in [-0.39, 0.29) is 18.1 Å². The zero-order chi connectivity index (χ0) is 15.4. The predicted octanol–water partition coefficient (Wildman–Crippen LogP) is 1.03. The summed E-state index contributed by atoms with van der Waals surface area (Å²) in [6, 6.07) is 2.24. The van der Waals surface area contributed by atoms with Crippen LogP contribution in [0.15, 0.2) is 18.5 Å². The van der Waals surface area contributed by atoms with Gasteiger partial charge in [-0.05, 0) is 45.2 Å². The van der Waals surface area contributed by atoms with Crippen molar-refractivity contribution in [3.63, 3.8) is 0 Å². The Hall–Kier alpha value is -1.40. The lowest BCUT2D eigenvalue weighted by atomic mass is 10.2. The summed E-state index contributed by atoms with van der Waals surface area (Å²) in [5, 5.41) is 7.33. The van der Waals surface area contributed by atoms with E-state index >= 15 is 0 Å². The van der Waals surface area contributed by atoms with Crippen molar-refractivity contribution in [2.75, 3.05) is 19.7 Å². The summed E-state index contributed by atoms with van der Waals surface area (Å²) < 4.78 is 7.52. The Morgan fingerprint density at radius 1 is 1.45 bits per heavy atom. The molecular weight excluding hydrogens is 280 g/mol. The van der Waals surface area contributed by atoms with E-state index in [4.69, 9.17) is 4.74 Å². The van der Waals surface area contributed by atoms with E-state index in [1.54, 1.807) is 6.20 Å². The number of aromatic nitrogens is 2. The zero-order valence-corrected chi connectivity index (χ0v) is 13.3. The lowest BCUT2D eigenvalue weighted by Gasteiger charge is -2.30. The Bertz CT molecular complexity index is 471. The van der Waals surface area contributed by atoms with Gasteiger partial charge >= 0.3 is 0 Å². The molecule has 0 aromatic carbocycles. The first-order valence-electron chi connectivity index (χ1n) is 8.36. The maximum atomic E-state index is 12.4. The molecule has 0 spiro atoms. The van der Waals surface area contributed by atoms with Crippen LogP contribution >= 0.6 is 0 Å². The molecule has 6 nitrogen and oxygen atoms in total. The number of carbonyl (C=O) groups excluding carboxylic acids is 1. The van der Waals surface area contributed by atoms with Gasteiger partial charge in [-0.15, -0.1) is 0 Å². The molecule has 3 atom stereocenters. The monoisotopic (exact) mass is 306 g/mol. The van der Waals surface area contributed by atoms with Crippen molar-refractivity contribution in [2.24, 2.45) is 0 Å². The molecule has 22 heavy (non-hydrogen) atoms. The van der Waals surface area contributed by atoms with Crippen molar-refractivity contribution >= 4 is 5.91 Å². The fourth-order valence-electron chi connectivity index (χ4n) is 3.51. The Morgan fingerprint density at radius 2 is 2.36 bits per heavy atom. The minimum Gasteiger partial charge on any atom is -0.376 e. The van der Waals surface area contributed by atoms with Gasteiger partial charge in [-0.25, -0.2) is 0 Å². The number of carbonyl (C=O) groups is 1. The van der Waals surface area contributed by atoms with Crippen molar-refractivity contribution < 1.29 is 9.53 Å². The SMILES string of the molecule is C[C@H](C(=O)NC[C@@H]1CCCO1)N1CCC[C@@H]1Cn1cccn1. The number of nitrogens with zero attached hydrogens (tertiary/aromatic N) is 3. The molecule has 1 aromatic heterocycles. The second kappa shape index (κ2) is 7.24. The van der Waals surface area contributed by atoms with Gasteiger partial charge in [0.15, 0.2) is 0 Å². The highest BCUT2D eigenvalue weighted by molar-refractivity contribution is 5.81. The number of amides is 1. The third-order valence-corrected chi connectivity index (χ3v) is 4.78. The first kappa shape index (κ1) is 15.5. The lowest BCUT2D eigenvalue weighted by Crippen LogP contribution is -2.49. The topological polar surface area (TPSA) is 59.4 Å².